The summed E-state index contributed by atoms with van der Waals surface area (Å²) in [6.07, 6.45) is 2.81. The van der Waals surface area contributed by atoms with Gasteiger partial charge >= 0.3 is 0 Å². The van der Waals surface area contributed by atoms with Crippen LogP contribution in [0.5, 0.6) is 0 Å². The van der Waals surface area contributed by atoms with Crippen molar-refractivity contribution in [3.63, 3.8) is 0 Å². The molecule has 2 rings (SSSR count). The lowest BCUT2D eigenvalue weighted by molar-refractivity contribution is -0.120. The molecule has 0 aliphatic carbocycles. The number of anilines is 1. The van der Waals surface area contributed by atoms with E-state index >= 15 is 0 Å². The van der Waals surface area contributed by atoms with Crippen LogP contribution in [0.1, 0.15) is 25.3 Å². The molecule has 1 aromatic rings. The van der Waals surface area contributed by atoms with Crippen molar-refractivity contribution in [1.29, 1.82) is 0 Å². The first-order valence-corrected chi connectivity index (χ1v) is 7.05. The van der Waals surface area contributed by atoms with E-state index in [0.29, 0.717) is 13.2 Å². The number of carbonyl (C=O) groups excluding carboxylic acids is 1. The van der Waals surface area contributed by atoms with E-state index in [2.05, 4.69) is 43.0 Å². The second kappa shape index (κ2) is 6.20. The molecule has 19 heavy (non-hydrogen) atoms. The van der Waals surface area contributed by atoms with Crippen LogP contribution in [0.15, 0.2) is 24.3 Å². The van der Waals surface area contributed by atoms with Crippen molar-refractivity contribution in [2.45, 2.75) is 26.7 Å². The third kappa shape index (κ3) is 3.35. The Hall–Kier alpha value is -1.35. The Morgan fingerprint density at radius 3 is 2.68 bits per heavy atom. The number of hydrogen-bond acceptors (Lipinski definition) is 3. The summed E-state index contributed by atoms with van der Waals surface area (Å²) in [5.74, 6) is 0. The van der Waals surface area contributed by atoms with Gasteiger partial charge in [-0.1, -0.05) is 12.1 Å². The second-order valence-electron chi connectivity index (χ2n) is 5.45. The molecule has 1 aromatic carbocycles. The summed E-state index contributed by atoms with van der Waals surface area (Å²) in [6.45, 7) is 7.34. The summed E-state index contributed by atoms with van der Waals surface area (Å²) >= 11 is 0. The quantitative estimate of drug-likeness (QED) is 0.763. The lowest BCUT2D eigenvalue weighted by Gasteiger charge is -2.37. The maximum absolute atomic E-state index is 11.5. The smallest absolute Gasteiger partial charge is 0.128 e. The molecule has 0 atom stereocenters. The SMILES string of the molecule is CCN(CC1(C=O)CCOCC1)c1cccc(C)c1. The largest absolute Gasteiger partial charge is 0.381 e. The van der Waals surface area contributed by atoms with Gasteiger partial charge < -0.3 is 14.4 Å². The van der Waals surface area contributed by atoms with Gasteiger partial charge in [-0.15, -0.1) is 0 Å². The molecule has 0 amide bonds. The molecule has 1 heterocycles. The Morgan fingerprint density at radius 1 is 1.37 bits per heavy atom. The van der Waals surface area contributed by atoms with Gasteiger partial charge in [0, 0.05) is 37.4 Å². The Labute approximate surface area is 115 Å². The number of aldehydes is 1. The number of aryl methyl sites for hydroxylation is 1. The third-order valence-electron chi connectivity index (χ3n) is 3.99. The maximum Gasteiger partial charge on any atom is 0.128 e. The molecule has 0 N–H and O–H groups in total. The van der Waals surface area contributed by atoms with Crippen LogP contribution < -0.4 is 4.90 Å². The topological polar surface area (TPSA) is 29.5 Å². The van der Waals surface area contributed by atoms with Crippen molar-refractivity contribution < 1.29 is 9.53 Å². The van der Waals surface area contributed by atoms with Crippen LogP contribution >= 0.6 is 0 Å². The molecule has 0 spiro atoms. The van der Waals surface area contributed by atoms with Crippen molar-refractivity contribution in [2.75, 3.05) is 31.2 Å². The van der Waals surface area contributed by atoms with E-state index in [1.54, 1.807) is 0 Å². The van der Waals surface area contributed by atoms with Crippen molar-refractivity contribution >= 4 is 12.0 Å². The molecule has 0 bridgehead atoms. The minimum atomic E-state index is -0.238. The van der Waals surface area contributed by atoms with E-state index in [-0.39, 0.29) is 5.41 Å². The Bertz CT molecular complexity index is 425. The van der Waals surface area contributed by atoms with E-state index < -0.39 is 0 Å². The minimum Gasteiger partial charge on any atom is -0.381 e. The normalized spacial score (nSPS) is 18.0. The molecule has 1 fully saturated rings. The predicted molar refractivity (Wildman–Crippen MR) is 77.6 cm³/mol. The molecular formula is C16H23NO2. The van der Waals surface area contributed by atoms with Crippen LogP contribution in [-0.4, -0.2) is 32.6 Å². The van der Waals surface area contributed by atoms with Gasteiger partial charge in [0.25, 0.3) is 0 Å². The highest BCUT2D eigenvalue weighted by Gasteiger charge is 2.34. The number of nitrogens with zero attached hydrogens (tertiary/aromatic N) is 1. The number of rotatable bonds is 5. The summed E-state index contributed by atoms with van der Waals surface area (Å²) in [6, 6.07) is 8.47. The first-order valence-electron chi connectivity index (χ1n) is 7.05. The average Bonchev–Trinajstić information content (AvgIpc) is 2.46. The van der Waals surface area contributed by atoms with E-state index in [9.17, 15) is 4.79 Å². The van der Waals surface area contributed by atoms with Crippen LogP contribution in [0.3, 0.4) is 0 Å². The predicted octanol–water partition coefficient (Wildman–Crippen LogP) is 2.82. The third-order valence-corrected chi connectivity index (χ3v) is 3.99. The Morgan fingerprint density at radius 2 is 2.11 bits per heavy atom. The molecule has 1 aliphatic rings. The van der Waals surface area contributed by atoms with Gasteiger partial charge in [0.2, 0.25) is 0 Å². The fourth-order valence-corrected chi connectivity index (χ4v) is 2.68. The van der Waals surface area contributed by atoms with Crippen molar-refractivity contribution in [2.24, 2.45) is 5.41 Å². The van der Waals surface area contributed by atoms with Crippen molar-refractivity contribution in [3.8, 4) is 0 Å². The van der Waals surface area contributed by atoms with Crippen LogP contribution in [0.4, 0.5) is 5.69 Å². The second-order valence-corrected chi connectivity index (χ2v) is 5.45. The zero-order chi connectivity index (χ0) is 13.7. The molecule has 0 aromatic heterocycles. The highest BCUT2D eigenvalue weighted by Crippen LogP contribution is 2.31. The van der Waals surface area contributed by atoms with E-state index in [4.69, 9.17) is 4.74 Å². The molecule has 104 valence electrons. The van der Waals surface area contributed by atoms with Crippen molar-refractivity contribution in [1.82, 2.24) is 0 Å². The molecule has 0 saturated carbocycles. The fourth-order valence-electron chi connectivity index (χ4n) is 2.68. The molecule has 3 nitrogen and oxygen atoms in total. The summed E-state index contributed by atoms with van der Waals surface area (Å²) in [5.41, 5.74) is 2.22. The Balaban J connectivity index is 2.15. The highest BCUT2D eigenvalue weighted by molar-refractivity contribution is 5.62. The number of benzene rings is 1. The van der Waals surface area contributed by atoms with Crippen LogP contribution in [-0.2, 0) is 9.53 Å². The van der Waals surface area contributed by atoms with E-state index in [1.165, 1.54) is 11.3 Å². The van der Waals surface area contributed by atoms with Crippen molar-refractivity contribution in [3.05, 3.63) is 29.8 Å². The summed E-state index contributed by atoms with van der Waals surface area (Å²) in [4.78, 5) is 13.8. The van der Waals surface area contributed by atoms with Gasteiger partial charge in [0.15, 0.2) is 0 Å². The van der Waals surface area contributed by atoms with Gasteiger partial charge in [-0.3, -0.25) is 0 Å². The Kier molecular flexibility index (Phi) is 4.59. The number of carbonyl (C=O) groups is 1. The summed E-state index contributed by atoms with van der Waals surface area (Å²) in [5, 5.41) is 0. The minimum absolute atomic E-state index is 0.238. The first-order chi connectivity index (χ1) is 9.19. The van der Waals surface area contributed by atoms with Gasteiger partial charge in [-0.25, -0.2) is 0 Å². The summed E-state index contributed by atoms with van der Waals surface area (Å²) in [7, 11) is 0. The zero-order valence-electron chi connectivity index (χ0n) is 11.9. The van der Waals surface area contributed by atoms with Crippen LogP contribution in [0.2, 0.25) is 0 Å². The number of ether oxygens (including phenoxy) is 1. The molecule has 3 heteroatoms. The van der Waals surface area contributed by atoms with E-state index in [0.717, 1.165) is 32.2 Å². The average molecular weight is 261 g/mol. The van der Waals surface area contributed by atoms with Gasteiger partial charge in [0.05, 0.1) is 0 Å². The number of hydrogen-bond donors (Lipinski definition) is 0. The monoisotopic (exact) mass is 261 g/mol. The van der Waals surface area contributed by atoms with Gasteiger partial charge in [-0.2, -0.15) is 0 Å². The molecule has 0 radical (unpaired) electrons. The van der Waals surface area contributed by atoms with Crippen LogP contribution in [0, 0.1) is 12.3 Å². The lowest BCUT2D eigenvalue weighted by Crippen LogP contribution is -2.42. The molecule has 1 saturated heterocycles. The fraction of sp³-hybridized carbons (Fsp3) is 0.562. The van der Waals surface area contributed by atoms with Gasteiger partial charge in [-0.05, 0) is 44.4 Å². The molecule has 0 unspecified atom stereocenters. The first kappa shape index (κ1) is 14.1. The standard InChI is InChI=1S/C16H23NO2/c1-3-17(15-6-4-5-14(2)11-15)12-16(13-18)7-9-19-10-8-16/h4-6,11,13H,3,7-10,12H2,1-2H3. The van der Waals surface area contributed by atoms with E-state index in [1.807, 2.05) is 0 Å². The van der Waals surface area contributed by atoms with Gasteiger partial charge in [0.1, 0.15) is 6.29 Å². The van der Waals surface area contributed by atoms with Crippen LogP contribution in [0.25, 0.3) is 0 Å². The molecular weight excluding hydrogens is 238 g/mol. The maximum atomic E-state index is 11.5. The zero-order valence-corrected chi connectivity index (χ0v) is 11.9. The summed E-state index contributed by atoms with van der Waals surface area (Å²) < 4.78 is 5.39. The lowest BCUT2D eigenvalue weighted by atomic mass is 9.81. The highest BCUT2D eigenvalue weighted by atomic mass is 16.5. The molecule has 1 aliphatic heterocycles.